The number of carbonyl (C=O) groups is 1. The molecule has 0 radical (unpaired) electrons. The molecule has 1 fully saturated rings. The molecule has 0 heterocycles. The van der Waals surface area contributed by atoms with Crippen LogP contribution in [0.5, 0.6) is 0 Å². The van der Waals surface area contributed by atoms with Gasteiger partial charge in [-0.1, -0.05) is 31.4 Å². The van der Waals surface area contributed by atoms with Gasteiger partial charge in [0, 0.05) is 5.69 Å². The first kappa shape index (κ1) is 15.8. The first-order chi connectivity index (χ1) is 10.1. The van der Waals surface area contributed by atoms with Gasteiger partial charge in [-0.25, -0.2) is 4.79 Å². The molecule has 5 nitrogen and oxygen atoms in total. The third-order valence-corrected chi connectivity index (χ3v) is 3.92. The molecule has 1 aromatic rings. The van der Waals surface area contributed by atoms with Gasteiger partial charge in [0.25, 0.3) is 0 Å². The van der Waals surface area contributed by atoms with E-state index in [0.29, 0.717) is 5.69 Å². The predicted octanol–water partition coefficient (Wildman–Crippen LogP) is 2.56. The molecule has 5 heteroatoms. The van der Waals surface area contributed by atoms with Crippen LogP contribution < -0.4 is 10.6 Å². The number of hydrogen-bond donors (Lipinski definition) is 4. The average molecular weight is 292 g/mol. The Morgan fingerprint density at radius 1 is 1.29 bits per heavy atom. The van der Waals surface area contributed by atoms with E-state index < -0.39 is 12.2 Å². The van der Waals surface area contributed by atoms with Crippen molar-refractivity contribution in [2.24, 2.45) is 0 Å². The predicted molar refractivity (Wildman–Crippen MR) is 82.1 cm³/mol. The van der Waals surface area contributed by atoms with Crippen molar-refractivity contribution in [2.75, 3.05) is 5.32 Å². The molecule has 1 aliphatic rings. The molecule has 1 aliphatic carbocycles. The summed E-state index contributed by atoms with van der Waals surface area (Å²) >= 11 is 0. The lowest BCUT2D eigenvalue weighted by atomic mass is 10.1. The van der Waals surface area contributed by atoms with Crippen LogP contribution in [0.25, 0.3) is 0 Å². The van der Waals surface area contributed by atoms with Crippen molar-refractivity contribution in [1.29, 1.82) is 0 Å². The molecule has 2 rings (SSSR count). The summed E-state index contributed by atoms with van der Waals surface area (Å²) in [6, 6.07) is 6.61. The minimum atomic E-state index is -0.571. The van der Waals surface area contributed by atoms with Gasteiger partial charge in [-0.2, -0.15) is 0 Å². The van der Waals surface area contributed by atoms with Crippen LogP contribution in [0.2, 0.25) is 0 Å². The number of urea groups is 1. The lowest BCUT2D eigenvalue weighted by Gasteiger charge is -2.22. The van der Waals surface area contributed by atoms with Gasteiger partial charge >= 0.3 is 6.03 Å². The van der Waals surface area contributed by atoms with Gasteiger partial charge in [-0.15, -0.1) is 0 Å². The van der Waals surface area contributed by atoms with Crippen molar-refractivity contribution < 1.29 is 15.0 Å². The van der Waals surface area contributed by atoms with Gasteiger partial charge in [-0.3, -0.25) is 0 Å². The summed E-state index contributed by atoms with van der Waals surface area (Å²) in [5.41, 5.74) is 1.39. The highest BCUT2D eigenvalue weighted by Crippen LogP contribution is 2.19. The van der Waals surface area contributed by atoms with Crippen molar-refractivity contribution >= 4 is 11.7 Å². The fraction of sp³-hybridized carbons (Fsp3) is 0.562. The molecule has 0 saturated heterocycles. The molecule has 3 unspecified atom stereocenters. The van der Waals surface area contributed by atoms with Crippen molar-refractivity contribution in [1.82, 2.24) is 5.32 Å². The number of nitrogens with one attached hydrogen (secondary N) is 2. The smallest absolute Gasteiger partial charge is 0.319 e. The summed E-state index contributed by atoms with van der Waals surface area (Å²) in [4.78, 5) is 12.0. The van der Waals surface area contributed by atoms with Crippen LogP contribution in [0.3, 0.4) is 0 Å². The van der Waals surface area contributed by atoms with Crippen molar-refractivity contribution in [3.05, 3.63) is 29.8 Å². The van der Waals surface area contributed by atoms with Gasteiger partial charge in [0.2, 0.25) is 0 Å². The standard InChI is InChI=1S/C16H24N2O3/c1-11(19)12-6-5-7-13(10-12)17-16(21)18-14-8-3-2-4-9-15(14)20/h5-7,10-11,14-15,19-20H,2-4,8-9H2,1H3,(H2,17,18,21). The molecule has 116 valence electrons. The van der Waals surface area contributed by atoms with E-state index in [2.05, 4.69) is 10.6 Å². The first-order valence-corrected chi connectivity index (χ1v) is 7.60. The number of carbonyl (C=O) groups excluding carboxylic acids is 1. The maximum absolute atomic E-state index is 12.0. The fourth-order valence-corrected chi connectivity index (χ4v) is 2.67. The summed E-state index contributed by atoms with van der Waals surface area (Å²) in [7, 11) is 0. The average Bonchev–Trinajstić information content (AvgIpc) is 2.64. The van der Waals surface area contributed by atoms with E-state index in [4.69, 9.17) is 0 Å². The van der Waals surface area contributed by atoms with Crippen molar-refractivity contribution in [3.8, 4) is 0 Å². The van der Waals surface area contributed by atoms with Gasteiger partial charge in [0.1, 0.15) is 0 Å². The molecule has 1 aromatic carbocycles. The first-order valence-electron chi connectivity index (χ1n) is 7.60. The number of rotatable bonds is 3. The Balaban J connectivity index is 1.93. The fourth-order valence-electron chi connectivity index (χ4n) is 2.67. The largest absolute Gasteiger partial charge is 0.391 e. The van der Waals surface area contributed by atoms with Crippen LogP contribution in [0.4, 0.5) is 10.5 Å². The normalized spacial score (nSPS) is 24.0. The number of benzene rings is 1. The molecule has 3 atom stereocenters. The van der Waals surface area contributed by atoms with Gasteiger partial charge in [0.05, 0.1) is 18.2 Å². The van der Waals surface area contributed by atoms with Gasteiger partial charge in [0.15, 0.2) is 0 Å². The lowest BCUT2D eigenvalue weighted by molar-refractivity contribution is 0.124. The highest BCUT2D eigenvalue weighted by atomic mass is 16.3. The minimum Gasteiger partial charge on any atom is -0.391 e. The topological polar surface area (TPSA) is 81.6 Å². The van der Waals surface area contributed by atoms with E-state index >= 15 is 0 Å². The Morgan fingerprint density at radius 2 is 2.05 bits per heavy atom. The third-order valence-electron chi connectivity index (χ3n) is 3.92. The van der Waals surface area contributed by atoms with Gasteiger partial charge < -0.3 is 20.8 Å². The molecular weight excluding hydrogens is 268 g/mol. The number of aliphatic hydroxyl groups is 2. The molecular formula is C16H24N2O3. The SMILES string of the molecule is CC(O)c1cccc(NC(=O)NC2CCCCCC2O)c1. The number of hydrogen-bond acceptors (Lipinski definition) is 3. The zero-order chi connectivity index (χ0) is 15.2. The van der Waals surface area contributed by atoms with E-state index in [1.54, 1.807) is 25.1 Å². The van der Waals surface area contributed by atoms with E-state index in [0.717, 1.165) is 37.7 Å². The molecule has 0 aromatic heterocycles. The zero-order valence-electron chi connectivity index (χ0n) is 12.4. The van der Waals surface area contributed by atoms with Gasteiger partial charge in [-0.05, 0) is 37.5 Å². The van der Waals surface area contributed by atoms with Crippen molar-refractivity contribution in [2.45, 2.75) is 57.3 Å². The van der Waals surface area contributed by atoms with Crippen LogP contribution in [-0.4, -0.2) is 28.4 Å². The Kier molecular flexibility index (Phi) is 5.59. The van der Waals surface area contributed by atoms with Crippen molar-refractivity contribution in [3.63, 3.8) is 0 Å². The summed E-state index contributed by atoms with van der Waals surface area (Å²) in [6.07, 6.45) is 3.65. The molecule has 0 aliphatic heterocycles. The van der Waals surface area contributed by atoms with Crippen LogP contribution >= 0.6 is 0 Å². The Labute approximate surface area is 125 Å². The summed E-state index contributed by atoms with van der Waals surface area (Å²) in [5.74, 6) is 0. The molecule has 0 bridgehead atoms. The van der Waals surface area contributed by atoms with E-state index in [9.17, 15) is 15.0 Å². The summed E-state index contributed by atoms with van der Waals surface area (Å²) in [6.45, 7) is 1.68. The maximum atomic E-state index is 12.0. The number of amides is 2. The second-order valence-corrected chi connectivity index (χ2v) is 5.71. The molecule has 2 amide bonds. The van der Waals surface area contributed by atoms with Crippen LogP contribution in [0.1, 0.15) is 50.7 Å². The molecule has 0 spiro atoms. The third kappa shape index (κ3) is 4.72. The van der Waals surface area contributed by atoms with E-state index in [-0.39, 0.29) is 12.1 Å². The molecule has 1 saturated carbocycles. The Morgan fingerprint density at radius 3 is 2.81 bits per heavy atom. The van der Waals surface area contributed by atoms with Crippen LogP contribution in [0, 0.1) is 0 Å². The Hall–Kier alpha value is -1.59. The maximum Gasteiger partial charge on any atom is 0.319 e. The van der Waals surface area contributed by atoms with Crippen LogP contribution in [0.15, 0.2) is 24.3 Å². The quantitative estimate of drug-likeness (QED) is 0.646. The zero-order valence-corrected chi connectivity index (χ0v) is 12.4. The highest BCUT2D eigenvalue weighted by molar-refractivity contribution is 5.89. The second-order valence-electron chi connectivity index (χ2n) is 5.71. The summed E-state index contributed by atoms with van der Waals surface area (Å²) in [5, 5.41) is 25.1. The summed E-state index contributed by atoms with van der Waals surface area (Å²) < 4.78 is 0. The lowest BCUT2D eigenvalue weighted by Crippen LogP contribution is -2.44. The highest BCUT2D eigenvalue weighted by Gasteiger charge is 2.23. The second kappa shape index (κ2) is 7.43. The molecule has 21 heavy (non-hydrogen) atoms. The van der Waals surface area contributed by atoms with Crippen LogP contribution in [-0.2, 0) is 0 Å². The Bertz CT molecular complexity index is 476. The van der Waals surface area contributed by atoms with E-state index in [1.165, 1.54) is 0 Å². The monoisotopic (exact) mass is 292 g/mol. The minimum absolute atomic E-state index is 0.188. The number of aliphatic hydroxyl groups excluding tert-OH is 2. The number of anilines is 1. The van der Waals surface area contributed by atoms with E-state index in [1.807, 2.05) is 6.07 Å². The molecule has 4 N–H and O–H groups in total.